The number of carbonyl (C=O) groups excluding carboxylic acids is 1. The van der Waals surface area contributed by atoms with E-state index in [-0.39, 0.29) is 18.1 Å². The van der Waals surface area contributed by atoms with Crippen molar-refractivity contribution >= 4 is 11.7 Å². The minimum absolute atomic E-state index is 0.0442. The quantitative estimate of drug-likeness (QED) is 0.788. The summed E-state index contributed by atoms with van der Waals surface area (Å²) in [4.78, 5) is 23.5. The third kappa shape index (κ3) is 4.06. The molecule has 6 heteroatoms. The first kappa shape index (κ1) is 18.0. The molecule has 2 aliphatic rings. The lowest BCUT2D eigenvalue weighted by Crippen LogP contribution is -2.45. The molecule has 2 saturated heterocycles. The second-order valence-corrected chi connectivity index (χ2v) is 7.22. The minimum Gasteiger partial charge on any atom is -0.485 e. The number of carbonyl (C=O) groups is 1. The summed E-state index contributed by atoms with van der Waals surface area (Å²) in [6.07, 6.45) is 6.01. The molecular weight excluding hydrogens is 316 g/mol. The van der Waals surface area contributed by atoms with Crippen molar-refractivity contribution in [3.8, 4) is 5.75 Å². The Labute approximate surface area is 150 Å². The van der Waals surface area contributed by atoms with Gasteiger partial charge < -0.3 is 14.5 Å². The summed E-state index contributed by atoms with van der Waals surface area (Å²) in [5.41, 5.74) is 0. The van der Waals surface area contributed by atoms with E-state index < -0.39 is 0 Å². The number of hydrogen-bond acceptors (Lipinski definition) is 5. The van der Waals surface area contributed by atoms with E-state index in [2.05, 4.69) is 16.8 Å². The van der Waals surface area contributed by atoms with Crippen LogP contribution >= 0.6 is 0 Å². The van der Waals surface area contributed by atoms with Crippen molar-refractivity contribution in [2.24, 2.45) is 0 Å². The zero-order chi connectivity index (χ0) is 17.8. The Morgan fingerprint density at radius 3 is 2.80 bits per heavy atom. The Kier molecular flexibility index (Phi) is 5.78. The Bertz CT molecular complexity index is 587. The van der Waals surface area contributed by atoms with Crippen LogP contribution in [0.15, 0.2) is 18.3 Å². The summed E-state index contributed by atoms with van der Waals surface area (Å²) in [6.45, 7) is 5.59. The van der Waals surface area contributed by atoms with E-state index in [4.69, 9.17) is 4.74 Å². The first-order valence-electron chi connectivity index (χ1n) is 9.42. The third-order valence-corrected chi connectivity index (χ3v) is 5.20. The molecule has 0 N–H and O–H groups in total. The van der Waals surface area contributed by atoms with Gasteiger partial charge in [-0.15, -0.1) is 0 Å². The van der Waals surface area contributed by atoms with E-state index in [1.807, 2.05) is 42.2 Å². The lowest BCUT2D eigenvalue weighted by molar-refractivity contribution is -0.135. The second-order valence-electron chi connectivity index (χ2n) is 7.22. The van der Waals surface area contributed by atoms with E-state index in [1.54, 1.807) is 0 Å². The fourth-order valence-corrected chi connectivity index (χ4v) is 3.82. The summed E-state index contributed by atoms with van der Waals surface area (Å²) < 4.78 is 6.26. The number of pyridine rings is 1. The van der Waals surface area contributed by atoms with E-state index in [0.29, 0.717) is 6.54 Å². The summed E-state index contributed by atoms with van der Waals surface area (Å²) in [5, 5.41) is 0. The highest BCUT2D eigenvalue weighted by atomic mass is 16.5. The van der Waals surface area contributed by atoms with Crippen LogP contribution in [0, 0.1) is 0 Å². The maximum atomic E-state index is 12.7. The van der Waals surface area contributed by atoms with Crippen molar-refractivity contribution in [2.45, 2.75) is 44.8 Å². The molecule has 0 aromatic carbocycles. The average molecular weight is 346 g/mol. The molecule has 3 heterocycles. The van der Waals surface area contributed by atoms with E-state index in [0.717, 1.165) is 44.0 Å². The molecule has 2 fully saturated rings. The fourth-order valence-electron chi connectivity index (χ4n) is 3.82. The molecule has 2 aliphatic heterocycles. The zero-order valence-electron chi connectivity index (χ0n) is 15.6. The SMILES string of the molecule is CC[C@@H](C(=O)N1CC[C@H](Oc2cccnc2N2CCCC2)C1)N(C)C. The fraction of sp³-hybridized carbons (Fsp3) is 0.684. The number of amides is 1. The maximum absolute atomic E-state index is 12.7. The van der Waals surface area contributed by atoms with Gasteiger partial charge in [-0.2, -0.15) is 0 Å². The highest BCUT2D eigenvalue weighted by Gasteiger charge is 2.32. The Balaban J connectivity index is 1.63. The van der Waals surface area contributed by atoms with Gasteiger partial charge in [0.1, 0.15) is 6.10 Å². The largest absolute Gasteiger partial charge is 0.485 e. The van der Waals surface area contributed by atoms with Crippen LogP contribution < -0.4 is 9.64 Å². The normalized spacial score (nSPS) is 21.8. The monoisotopic (exact) mass is 346 g/mol. The average Bonchev–Trinajstić information content (AvgIpc) is 3.27. The lowest BCUT2D eigenvalue weighted by Gasteiger charge is -2.27. The molecule has 25 heavy (non-hydrogen) atoms. The van der Waals surface area contributed by atoms with Crippen LogP contribution in [-0.4, -0.2) is 73.1 Å². The number of likely N-dealkylation sites (tertiary alicyclic amines) is 1. The molecule has 1 amide bonds. The van der Waals surface area contributed by atoms with Crippen LogP contribution in [0.1, 0.15) is 32.6 Å². The smallest absolute Gasteiger partial charge is 0.240 e. The molecule has 0 bridgehead atoms. The van der Waals surface area contributed by atoms with Gasteiger partial charge in [0.15, 0.2) is 11.6 Å². The topological polar surface area (TPSA) is 48.9 Å². The molecule has 6 nitrogen and oxygen atoms in total. The summed E-state index contributed by atoms with van der Waals surface area (Å²) in [6, 6.07) is 3.88. The van der Waals surface area contributed by atoms with Gasteiger partial charge in [0.25, 0.3) is 0 Å². The molecule has 0 unspecified atom stereocenters. The van der Waals surface area contributed by atoms with Gasteiger partial charge in [-0.05, 0) is 45.5 Å². The van der Waals surface area contributed by atoms with Crippen LogP contribution in [0.4, 0.5) is 5.82 Å². The van der Waals surface area contributed by atoms with Crippen molar-refractivity contribution in [3.63, 3.8) is 0 Å². The molecule has 0 aliphatic carbocycles. The Morgan fingerprint density at radius 1 is 1.36 bits per heavy atom. The molecule has 0 radical (unpaired) electrons. The van der Waals surface area contributed by atoms with E-state index in [1.165, 1.54) is 12.8 Å². The number of likely N-dealkylation sites (N-methyl/N-ethyl adjacent to an activating group) is 1. The molecule has 0 spiro atoms. The standard InChI is InChI=1S/C19H30N4O2/c1-4-16(21(2)3)19(24)23-13-9-15(14-23)25-17-8-7-10-20-18(17)22-11-5-6-12-22/h7-8,10,15-16H,4-6,9,11-14H2,1-3H3/t15-,16-/m0/s1. The second kappa shape index (κ2) is 8.04. The number of rotatable bonds is 6. The van der Waals surface area contributed by atoms with Gasteiger partial charge in [0.05, 0.1) is 12.6 Å². The third-order valence-electron chi connectivity index (χ3n) is 5.20. The van der Waals surface area contributed by atoms with Crippen molar-refractivity contribution in [2.75, 3.05) is 45.2 Å². The highest BCUT2D eigenvalue weighted by Crippen LogP contribution is 2.30. The molecule has 1 aromatic heterocycles. The van der Waals surface area contributed by atoms with Gasteiger partial charge in [0.2, 0.25) is 5.91 Å². The van der Waals surface area contributed by atoms with E-state index in [9.17, 15) is 4.79 Å². The predicted molar refractivity (Wildman–Crippen MR) is 99.1 cm³/mol. The maximum Gasteiger partial charge on any atom is 0.240 e. The molecule has 1 aromatic rings. The first-order chi connectivity index (χ1) is 12.1. The Morgan fingerprint density at radius 2 is 2.12 bits per heavy atom. The molecule has 0 saturated carbocycles. The molecule has 3 rings (SSSR count). The highest BCUT2D eigenvalue weighted by molar-refractivity contribution is 5.82. The number of nitrogens with zero attached hydrogens (tertiary/aromatic N) is 4. The van der Waals surface area contributed by atoms with E-state index >= 15 is 0 Å². The van der Waals surface area contributed by atoms with Crippen LogP contribution in [0.5, 0.6) is 5.75 Å². The molecule has 2 atom stereocenters. The van der Waals surface area contributed by atoms with Crippen molar-refractivity contribution in [1.82, 2.24) is 14.8 Å². The van der Waals surface area contributed by atoms with Crippen LogP contribution in [-0.2, 0) is 4.79 Å². The number of aromatic nitrogens is 1. The molecular formula is C19H30N4O2. The van der Waals surface area contributed by atoms with Crippen molar-refractivity contribution in [1.29, 1.82) is 0 Å². The van der Waals surface area contributed by atoms with Gasteiger partial charge >= 0.3 is 0 Å². The summed E-state index contributed by atoms with van der Waals surface area (Å²) >= 11 is 0. The summed E-state index contributed by atoms with van der Waals surface area (Å²) in [5.74, 6) is 2.01. The van der Waals surface area contributed by atoms with Gasteiger partial charge in [-0.25, -0.2) is 4.98 Å². The zero-order valence-corrected chi connectivity index (χ0v) is 15.6. The van der Waals surface area contributed by atoms with Gasteiger partial charge in [-0.1, -0.05) is 6.92 Å². The van der Waals surface area contributed by atoms with Gasteiger partial charge in [-0.3, -0.25) is 9.69 Å². The lowest BCUT2D eigenvalue weighted by atomic mass is 10.2. The first-order valence-corrected chi connectivity index (χ1v) is 9.42. The summed E-state index contributed by atoms with van der Waals surface area (Å²) in [7, 11) is 3.93. The van der Waals surface area contributed by atoms with Crippen LogP contribution in [0.3, 0.4) is 0 Å². The molecule has 138 valence electrons. The van der Waals surface area contributed by atoms with Crippen LogP contribution in [0.2, 0.25) is 0 Å². The predicted octanol–water partition coefficient (Wildman–Crippen LogP) is 2.00. The van der Waals surface area contributed by atoms with Crippen LogP contribution in [0.25, 0.3) is 0 Å². The van der Waals surface area contributed by atoms with Crippen molar-refractivity contribution in [3.05, 3.63) is 18.3 Å². The van der Waals surface area contributed by atoms with Crippen molar-refractivity contribution < 1.29 is 9.53 Å². The Hall–Kier alpha value is -1.82. The number of anilines is 1. The number of ether oxygens (including phenoxy) is 1. The minimum atomic E-state index is -0.0442. The van der Waals surface area contributed by atoms with Gasteiger partial charge in [0, 0.05) is 32.3 Å². The number of hydrogen-bond donors (Lipinski definition) is 0.